The average molecular weight is 899 g/mol. The predicted molar refractivity (Wildman–Crippen MR) is 223 cm³/mol. The molecule has 0 N–H and O–H groups in total. The normalized spacial score (nSPS) is 18.0. The van der Waals surface area contributed by atoms with Gasteiger partial charge in [0.05, 0.1) is 31.7 Å². The van der Waals surface area contributed by atoms with E-state index in [2.05, 4.69) is 67.1 Å². The number of carbonyl (C=O) groups excluding carboxylic acids is 2. The number of nitrogens with zero attached hydrogens (tertiary/aromatic N) is 2. The zero-order valence-corrected chi connectivity index (χ0v) is 42.3. The van der Waals surface area contributed by atoms with Gasteiger partial charge in [-0.25, -0.2) is 0 Å². The van der Waals surface area contributed by atoms with E-state index in [1.54, 1.807) is 0 Å². The predicted octanol–water partition coefficient (Wildman–Crippen LogP) is 0.805. The quantitative estimate of drug-likeness (QED) is 0.0795. The molecule has 4 aromatic rings. The van der Waals surface area contributed by atoms with Gasteiger partial charge in [-0.3, -0.25) is 14.6 Å². The maximum atomic E-state index is 12.6. The molecule has 4 aromatic carbocycles. The molecular formula is C43H52N2Na2O12S2. The summed E-state index contributed by atoms with van der Waals surface area (Å²) in [5.41, 5.74) is 4.69. The molecule has 0 radical (unpaired) electrons. The van der Waals surface area contributed by atoms with E-state index in [9.17, 15) is 9.59 Å². The van der Waals surface area contributed by atoms with E-state index in [1.165, 1.54) is 16.6 Å². The Kier molecular flexibility index (Phi) is 24.4. The van der Waals surface area contributed by atoms with Crippen LogP contribution in [0.1, 0.15) is 85.8 Å². The van der Waals surface area contributed by atoms with Crippen molar-refractivity contribution in [3.63, 3.8) is 0 Å². The van der Waals surface area contributed by atoms with Crippen LogP contribution in [0.15, 0.2) is 65.7 Å². The van der Waals surface area contributed by atoms with E-state index in [1.807, 2.05) is 71.0 Å². The van der Waals surface area contributed by atoms with Crippen molar-refractivity contribution in [3.05, 3.63) is 83.9 Å². The fourth-order valence-corrected chi connectivity index (χ4v) is 7.77. The molecule has 2 aliphatic rings. The summed E-state index contributed by atoms with van der Waals surface area (Å²) in [5.74, 6) is -0.331. The maximum absolute atomic E-state index is 12.6. The number of carbonyl (C=O) groups is 2. The molecule has 2 heterocycles. The summed E-state index contributed by atoms with van der Waals surface area (Å²) in [4.78, 5) is 31.6. The Labute approximate surface area is 405 Å². The summed E-state index contributed by atoms with van der Waals surface area (Å²) < 4.78 is 72.7. The van der Waals surface area contributed by atoms with Gasteiger partial charge in [0.1, 0.15) is 0 Å². The van der Waals surface area contributed by atoms with Gasteiger partial charge in [0, 0.05) is 54.5 Å². The molecule has 0 aliphatic carbocycles. The molecule has 0 bridgehead atoms. The van der Waals surface area contributed by atoms with Gasteiger partial charge in [0.15, 0.2) is 6.29 Å². The number of benzene rings is 4. The van der Waals surface area contributed by atoms with Gasteiger partial charge in [-0.15, -0.1) is 58.9 Å². The van der Waals surface area contributed by atoms with Crippen LogP contribution in [0.5, 0.6) is 0 Å². The van der Waals surface area contributed by atoms with E-state index in [-0.39, 0.29) is 88.8 Å². The van der Waals surface area contributed by atoms with Crippen molar-refractivity contribution in [3.8, 4) is 0 Å². The Bertz CT molecular complexity index is 2320. The summed E-state index contributed by atoms with van der Waals surface area (Å²) in [5, 5.41) is 4.58. The van der Waals surface area contributed by atoms with Gasteiger partial charge in [0.2, 0.25) is 0 Å². The van der Waals surface area contributed by atoms with Gasteiger partial charge in [-0.1, -0.05) is 13.0 Å². The van der Waals surface area contributed by atoms with Crippen LogP contribution in [0.3, 0.4) is 0 Å². The van der Waals surface area contributed by atoms with E-state index in [4.69, 9.17) is 44.2 Å². The SMILES string of the molecule is CCOC(=O)CC1(C)C(C)=Nc2ccc3c[c-]ccc3c21.CCOC(=O)CC1(C)c2c(ccc3c[c-]ccc23)N(CCC(OCC)OCC)C1C.O=S(=O)=O.O=S(=O)=O.[Na+].[Na+]. The van der Waals surface area contributed by atoms with Gasteiger partial charge in [-0.2, -0.15) is 48.5 Å². The average Bonchev–Trinajstić information content (AvgIpc) is 3.55. The first-order chi connectivity index (χ1) is 28.0. The standard InChI is InChI=1S/C25H34NO4.C18H18NO2.2Na.2O3S/c1-6-28-22(27)17-25(5)18(4)26(16-15-23(29-7-2)30-8-3)21-14-13-19-11-9-10-12-20(19)24(21)25;1-4-21-16(20)11-18(3)12(2)19-15-10-9-13-7-5-6-8-14(13)17(15)18;;;2*1-4(2)3/h10-14,18,23H,6-8,15-17H2,1-5H3;6-10H,4,11H2,1-3H3;;;;/q2*-1;2*+1;;. The molecule has 320 valence electrons. The Morgan fingerprint density at radius 3 is 1.70 bits per heavy atom. The number of rotatable bonds is 13. The third-order valence-electron chi connectivity index (χ3n) is 10.5. The molecule has 6 rings (SSSR count). The molecule has 0 spiro atoms. The molecule has 0 aromatic heterocycles. The summed E-state index contributed by atoms with van der Waals surface area (Å²) >= 11 is 0. The van der Waals surface area contributed by atoms with Crippen LogP contribution in [-0.4, -0.2) is 88.2 Å². The van der Waals surface area contributed by atoms with Crippen molar-refractivity contribution >= 4 is 71.8 Å². The summed E-state index contributed by atoms with van der Waals surface area (Å²) in [6, 6.07) is 26.8. The molecule has 3 atom stereocenters. The minimum absolute atomic E-state index is 0. The second-order valence-corrected chi connectivity index (χ2v) is 14.8. The zero-order chi connectivity index (χ0) is 43.9. The second kappa shape index (κ2) is 26.6. The first kappa shape index (κ1) is 56.0. The molecule has 14 nitrogen and oxygen atoms in total. The van der Waals surface area contributed by atoms with Crippen LogP contribution < -0.4 is 64.0 Å². The molecule has 61 heavy (non-hydrogen) atoms. The van der Waals surface area contributed by atoms with E-state index < -0.39 is 26.6 Å². The Hall–Kier alpha value is -3.03. The van der Waals surface area contributed by atoms with Crippen molar-refractivity contribution in [2.45, 2.75) is 97.8 Å². The Balaban J connectivity index is 0.000000522. The third-order valence-corrected chi connectivity index (χ3v) is 10.5. The van der Waals surface area contributed by atoms with Crippen molar-refractivity contribution < 1.29 is 113 Å². The number of ether oxygens (including phenoxy) is 4. The molecule has 0 saturated carbocycles. The monoisotopic (exact) mass is 898 g/mol. The van der Waals surface area contributed by atoms with Crippen LogP contribution in [0.25, 0.3) is 21.5 Å². The van der Waals surface area contributed by atoms with Crippen molar-refractivity contribution in [1.29, 1.82) is 0 Å². The number of aliphatic imine (C=N–C) groups is 1. The second-order valence-electron chi connectivity index (χ2n) is 14.0. The minimum Gasteiger partial charge on any atom is -0.466 e. The number of esters is 2. The third kappa shape index (κ3) is 14.8. The van der Waals surface area contributed by atoms with Gasteiger partial charge in [-0.05, 0) is 65.7 Å². The smallest absolute Gasteiger partial charge is 0.466 e. The number of hydrogen-bond donors (Lipinski definition) is 0. The Morgan fingerprint density at radius 2 is 1.21 bits per heavy atom. The van der Waals surface area contributed by atoms with Crippen LogP contribution in [-0.2, 0) is 60.6 Å². The first-order valence-electron chi connectivity index (χ1n) is 19.3. The van der Waals surface area contributed by atoms with E-state index in [0.29, 0.717) is 39.3 Å². The fourth-order valence-electron chi connectivity index (χ4n) is 7.77. The van der Waals surface area contributed by atoms with Gasteiger partial charge in [0.25, 0.3) is 0 Å². The van der Waals surface area contributed by atoms with Crippen LogP contribution in [0.2, 0.25) is 0 Å². The van der Waals surface area contributed by atoms with E-state index in [0.717, 1.165) is 46.1 Å². The zero-order valence-electron chi connectivity index (χ0n) is 36.7. The number of fused-ring (bicyclic) bond motifs is 6. The molecule has 3 unspecified atom stereocenters. The van der Waals surface area contributed by atoms with Gasteiger partial charge < -0.3 is 23.8 Å². The number of hydrogen-bond acceptors (Lipinski definition) is 14. The number of anilines is 1. The summed E-state index contributed by atoms with van der Waals surface area (Å²) in [6.07, 6.45) is 1.22. The fraction of sp³-hybridized carbons (Fsp3) is 0.465. The molecular weight excluding hydrogens is 847 g/mol. The van der Waals surface area contributed by atoms with E-state index >= 15 is 0 Å². The van der Waals surface area contributed by atoms with Crippen molar-refractivity contribution in [1.82, 2.24) is 0 Å². The Morgan fingerprint density at radius 1 is 0.738 bits per heavy atom. The topological polar surface area (TPSA) is 189 Å². The van der Waals surface area contributed by atoms with Crippen LogP contribution in [0.4, 0.5) is 11.4 Å². The minimum atomic E-state index is -3.11. The summed E-state index contributed by atoms with van der Waals surface area (Å²) in [7, 11) is -6.22. The van der Waals surface area contributed by atoms with Crippen LogP contribution >= 0.6 is 0 Å². The maximum Gasteiger partial charge on any atom is 1.00 e. The molecule has 0 fully saturated rings. The van der Waals surface area contributed by atoms with Crippen molar-refractivity contribution in [2.75, 3.05) is 37.9 Å². The molecule has 2 aliphatic heterocycles. The first-order valence-corrected chi connectivity index (χ1v) is 21.3. The molecule has 18 heteroatoms. The molecule has 0 saturated heterocycles. The van der Waals surface area contributed by atoms with Crippen molar-refractivity contribution in [2.24, 2.45) is 4.99 Å². The van der Waals surface area contributed by atoms with Crippen LogP contribution in [0, 0.1) is 12.1 Å². The molecule has 0 amide bonds. The largest absolute Gasteiger partial charge is 1.00 e. The summed E-state index contributed by atoms with van der Waals surface area (Å²) in [6.45, 7) is 18.9. The van der Waals surface area contributed by atoms with Gasteiger partial charge >= 0.3 is 92.3 Å².